The van der Waals surface area contributed by atoms with Crippen LogP contribution in [-0.4, -0.2) is 34.2 Å². The van der Waals surface area contributed by atoms with Gasteiger partial charge in [0.05, 0.1) is 12.6 Å². The minimum Gasteiger partial charge on any atom is -0.394 e. The maximum atomic E-state index is 11.8. The van der Waals surface area contributed by atoms with Gasteiger partial charge in [-0.1, -0.05) is 42.5 Å². The molecule has 0 saturated carbocycles. The molecule has 0 aliphatic carbocycles. The lowest BCUT2D eigenvalue weighted by Crippen LogP contribution is -2.31. The molecule has 7 nitrogen and oxygen atoms in total. The molecule has 0 bridgehead atoms. The van der Waals surface area contributed by atoms with E-state index in [4.69, 9.17) is 11.5 Å². The summed E-state index contributed by atoms with van der Waals surface area (Å²) in [6.45, 7) is 2.09. The summed E-state index contributed by atoms with van der Waals surface area (Å²) in [6.07, 6.45) is 0. The van der Waals surface area contributed by atoms with Crippen LogP contribution >= 0.6 is 0 Å². The van der Waals surface area contributed by atoms with Crippen LogP contribution in [0.2, 0.25) is 0 Å². The summed E-state index contributed by atoms with van der Waals surface area (Å²) in [4.78, 5) is 37.2. The molecule has 170 valence electrons. The van der Waals surface area contributed by atoms with E-state index in [1.807, 2.05) is 35.2 Å². The van der Waals surface area contributed by atoms with Crippen LogP contribution in [0.1, 0.15) is 60.7 Å². The summed E-state index contributed by atoms with van der Waals surface area (Å²) in [7, 11) is 0. The molecule has 3 aromatic carbocycles. The largest absolute Gasteiger partial charge is 0.394 e. The van der Waals surface area contributed by atoms with Gasteiger partial charge in [-0.15, -0.1) is 0 Å². The molecular formula is C26H27N3O4. The van der Waals surface area contributed by atoms with Crippen molar-refractivity contribution in [1.82, 2.24) is 4.90 Å². The Morgan fingerprint density at radius 1 is 0.788 bits per heavy atom. The van der Waals surface area contributed by atoms with Crippen molar-refractivity contribution in [2.75, 3.05) is 6.61 Å². The van der Waals surface area contributed by atoms with Crippen molar-refractivity contribution < 1.29 is 19.5 Å². The summed E-state index contributed by atoms with van der Waals surface area (Å²) < 4.78 is 0. The van der Waals surface area contributed by atoms with E-state index < -0.39 is 17.9 Å². The highest BCUT2D eigenvalue weighted by Crippen LogP contribution is 2.26. The van der Waals surface area contributed by atoms with Crippen molar-refractivity contribution in [3.8, 4) is 0 Å². The predicted molar refractivity (Wildman–Crippen MR) is 125 cm³/mol. The number of aliphatic hydroxyl groups is 1. The molecule has 3 aromatic rings. The number of rotatable bonds is 10. The van der Waals surface area contributed by atoms with Gasteiger partial charge in [-0.25, -0.2) is 0 Å². The number of nitrogens with two attached hydrogens (primary N) is 2. The van der Waals surface area contributed by atoms with Crippen molar-refractivity contribution in [3.05, 3.63) is 106 Å². The van der Waals surface area contributed by atoms with Gasteiger partial charge in [0.15, 0.2) is 5.78 Å². The first kappa shape index (κ1) is 23.8. The fourth-order valence-corrected chi connectivity index (χ4v) is 3.79. The Balaban J connectivity index is 2.01. The molecule has 33 heavy (non-hydrogen) atoms. The first-order valence-electron chi connectivity index (χ1n) is 10.5. The minimum atomic E-state index is -0.552. The second-order valence-electron chi connectivity index (χ2n) is 7.91. The molecule has 0 aliphatic rings. The van der Waals surface area contributed by atoms with Crippen molar-refractivity contribution in [3.63, 3.8) is 0 Å². The van der Waals surface area contributed by atoms with Crippen LogP contribution < -0.4 is 11.5 Å². The third kappa shape index (κ3) is 6.12. The van der Waals surface area contributed by atoms with Gasteiger partial charge in [-0.05, 0) is 53.9 Å². The Morgan fingerprint density at radius 3 is 1.79 bits per heavy atom. The monoisotopic (exact) mass is 445 g/mol. The zero-order chi connectivity index (χ0) is 24.0. The molecule has 0 spiro atoms. The first-order valence-corrected chi connectivity index (χ1v) is 10.5. The SMILES string of the molecule is CC(=O)c1cccc(CN(Cc2cccc(C(N)=O)c2)[C@H](CO)c2cccc(C(N)=O)c2)c1. The van der Waals surface area contributed by atoms with E-state index in [-0.39, 0.29) is 12.4 Å². The summed E-state index contributed by atoms with van der Waals surface area (Å²) in [5.41, 5.74) is 14.7. The third-order valence-corrected chi connectivity index (χ3v) is 5.49. The average Bonchev–Trinajstić information content (AvgIpc) is 2.80. The highest BCUT2D eigenvalue weighted by Gasteiger charge is 2.22. The molecule has 0 aliphatic heterocycles. The van der Waals surface area contributed by atoms with Gasteiger partial charge >= 0.3 is 0 Å². The Labute approximate surface area is 192 Å². The van der Waals surface area contributed by atoms with E-state index in [0.29, 0.717) is 29.8 Å². The Kier molecular flexibility index (Phi) is 7.71. The van der Waals surface area contributed by atoms with Gasteiger partial charge in [-0.2, -0.15) is 0 Å². The molecule has 1 atom stereocenters. The molecule has 7 heteroatoms. The normalized spacial score (nSPS) is 11.8. The summed E-state index contributed by atoms with van der Waals surface area (Å²) in [6, 6.07) is 20.7. The van der Waals surface area contributed by atoms with Crippen LogP contribution in [0.15, 0.2) is 72.8 Å². The van der Waals surface area contributed by atoms with Crippen LogP contribution in [0.3, 0.4) is 0 Å². The number of hydrogen-bond donors (Lipinski definition) is 3. The highest BCUT2D eigenvalue weighted by molar-refractivity contribution is 5.94. The lowest BCUT2D eigenvalue weighted by molar-refractivity contribution is 0.0991. The van der Waals surface area contributed by atoms with Crippen LogP contribution in [0.4, 0.5) is 0 Å². The molecule has 0 aromatic heterocycles. The fraction of sp³-hybridized carbons (Fsp3) is 0.192. The number of hydrogen-bond acceptors (Lipinski definition) is 5. The quantitative estimate of drug-likeness (QED) is 0.414. The van der Waals surface area contributed by atoms with Crippen molar-refractivity contribution in [2.24, 2.45) is 11.5 Å². The van der Waals surface area contributed by atoms with Gasteiger partial charge in [0, 0.05) is 29.8 Å². The number of ketones is 1. The fourth-order valence-electron chi connectivity index (χ4n) is 3.79. The molecule has 0 heterocycles. The van der Waals surface area contributed by atoms with Gasteiger partial charge in [0.1, 0.15) is 0 Å². The maximum Gasteiger partial charge on any atom is 0.248 e. The van der Waals surface area contributed by atoms with Gasteiger partial charge in [0.25, 0.3) is 0 Å². The molecule has 2 amide bonds. The lowest BCUT2D eigenvalue weighted by Gasteiger charge is -2.31. The molecule has 0 saturated heterocycles. The lowest BCUT2D eigenvalue weighted by atomic mass is 10.00. The van der Waals surface area contributed by atoms with E-state index >= 15 is 0 Å². The summed E-state index contributed by atoms with van der Waals surface area (Å²) >= 11 is 0. The Bertz CT molecular complexity index is 1120. The van der Waals surface area contributed by atoms with Crippen LogP contribution in [0.25, 0.3) is 0 Å². The van der Waals surface area contributed by atoms with E-state index in [9.17, 15) is 19.5 Å². The summed E-state index contributed by atoms with van der Waals surface area (Å²) in [5.74, 6) is -1.11. The van der Waals surface area contributed by atoms with E-state index in [2.05, 4.69) is 0 Å². The highest BCUT2D eigenvalue weighted by atomic mass is 16.3. The Hall–Kier alpha value is -3.81. The van der Waals surface area contributed by atoms with Crippen molar-refractivity contribution in [1.29, 1.82) is 0 Å². The smallest absolute Gasteiger partial charge is 0.248 e. The number of carbonyl (C=O) groups excluding carboxylic acids is 3. The number of aliphatic hydroxyl groups excluding tert-OH is 1. The van der Waals surface area contributed by atoms with Gasteiger partial charge in [0.2, 0.25) is 11.8 Å². The van der Waals surface area contributed by atoms with Crippen LogP contribution in [-0.2, 0) is 13.1 Å². The van der Waals surface area contributed by atoms with Gasteiger partial charge < -0.3 is 16.6 Å². The topological polar surface area (TPSA) is 127 Å². The van der Waals surface area contributed by atoms with E-state index in [1.54, 1.807) is 42.5 Å². The molecule has 3 rings (SSSR count). The maximum absolute atomic E-state index is 11.8. The number of primary amides is 2. The number of nitrogens with zero attached hydrogens (tertiary/aromatic N) is 1. The van der Waals surface area contributed by atoms with E-state index in [0.717, 1.165) is 16.7 Å². The first-order chi connectivity index (χ1) is 15.8. The average molecular weight is 446 g/mol. The second-order valence-corrected chi connectivity index (χ2v) is 7.91. The zero-order valence-corrected chi connectivity index (χ0v) is 18.4. The summed E-state index contributed by atoms with van der Waals surface area (Å²) in [5, 5.41) is 10.3. The molecule has 0 unspecified atom stereocenters. The number of benzene rings is 3. The molecule has 5 N–H and O–H groups in total. The van der Waals surface area contributed by atoms with Crippen molar-refractivity contribution >= 4 is 17.6 Å². The molecule has 0 radical (unpaired) electrons. The Morgan fingerprint density at radius 2 is 1.27 bits per heavy atom. The zero-order valence-electron chi connectivity index (χ0n) is 18.4. The van der Waals surface area contributed by atoms with E-state index in [1.165, 1.54) is 6.92 Å². The van der Waals surface area contributed by atoms with Crippen LogP contribution in [0, 0.1) is 0 Å². The molecular weight excluding hydrogens is 418 g/mol. The predicted octanol–water partition coefficient (Wildman–Crippen LogP) is 2.82. The van der Waals surface area contributed by atoms with Crippen molar-refractivity contribution in [2.45, 2.75) is 26.1 Å². The number of Topliss-reactive ketones (excluding diaryl/α,β-unsaturated/α-hetero) is 1. The minimum absolute atomic E-state index is 0.0366. The number of carbonyl (C=O) groups is 3. The van der Waals surface area contributed by atoms with Gasteiger partial charge in [-0.3, -0.25) is 19.3 Å². The number of amides is 2. The standard InChI is InChI=1S/C26H27N3O4/c1-17(31)20-7-2-5-18(11-20)14-29(15-19-6-3-9-22(12-19)25(27)32)24(16-30)21-8-4-10-23(13-21)26(28)33/h2-13,24,30H,14-16H2,1H3,(H2,27,32)(H2,28,33)/t24-/m1/s1. The second kappa shape index (κ2) is 10.7. The third-order valence-electron chi connectivity index (χ3n) is 5.49. The van der Waals surface area contributed by atoms with Crippen LogP contribution in [0.5, 0.6) is 0 Å². The molecule has 0 fully saturated rings.